The highest BCUT2D eigenvalue weighted by Gasteiger charge is 2.01. The molecule has 3 heteroatoms. The van der Waals surface area contributed by atoms with Gasteiger partial charge in [0.15, 0.2) is 0 Å². The van der Waals surface area contributed by atoms with E-state index in [1.165, 1.54) is 5.56 Å². The van der Waals surface area contributed by atoms with E-state index in [-0.39, 0.29) is 12.5 Å². The summed E-state index contributed by atoms with van der Waals surface area (Å²) < 4.78 is 5.00. The topological polar surface area (TPSA) is 38.3 Å². The first kappa shape index (κ1) is 11.7. The van der Waals surface area contributed by atoms with Gasteiger partial charge in [-0.3, -0.25) is 4.79 Å². The summed E-state index contributed by atoms with van der Waals surface area (Å²) in [5.41, 5.74) is 2.08. The number of anilines is 1. The molecule has 0 heterocycles. The lowest BCUT2D eigenvalue weighted by Gasteiger charge is -2.05. The fourth-order valence-electron chi connectivity index (χ4n) is 1.22. The van der Waals surface area contributed by atoms with Gasteiger partial charge in [-0.2, -0.15) is 0 Å². The van der Waals surface area contributed by atoms with Crippen molar-refractivity contribution in [2.45, 2.75) is 20.3 Å². The van der Waals surface area contributed by atoms with Crippen LogP contribution < -0.4 is 5.32 Å². The van der Waals surface area contributed by atoms with Crippen LogP contribution in [0.4, 0.5) is 5.69 Å². The smallest absolute Gasteiger partial charge is 0.250 e. The quantitative estimate of drug-likeness (QED) is 0.804. The van der Waals surface area contributed by atoms with E-state index in [1.54, 1.807) is 0 Å². The van der Waals surface area contributed by atoms with Crippen molar-refractivity contribution in [3.63, 3.8) is 0 Å². The first-order valence-electron chi connectivity index (χ1n) is 5.22. The average molecular weight is 207 g/mol. The molecule has 1 rings (SSSR count). The van der Waals surface area contributed by atoms with Crippen LogP contribution >= 0.6 is 0 Å². The molecular formula is C12H17NO2. The maximum Gasteiger partial charge on any atom is 0.250 e. The molecule has 0 aromatic heterocycles. The zero-order valence-corrected chi connectivity index (χ0v) is 9.25. The van der Waals surface area contributed by atoms with Gasteiger partial charge in [-0.15, -0.1) is 0 Å². The Morgan fingerprint density at radius 3 is 2.47 bits per heavy atom. The number of nitrogens with one attached hydrogen (secondary N) is 1. The Labute approximate surface area is 90.4 Å². The van der Waals surface area contributed by atoms with Crippen LogP contribution in [0.15, 0.2) is 24.3 Å². The summed E-state index contributed by atoms with van der Waals surface area (Å²) in [6.07, 6.45) is 1.01. The minimum Gasteiger partial charge on any atom is -0.372 e. The Morgan fingerprint density at radius 1 is 1.27 bits per heavy atom. The number of aryl methyl sites for hydroxylation is 1. The van der Waals surface area contributed by atoms with Gasteiger partial charge in [-0.05, 0) is 31.0 Å². The van der Waals surface area contributed by atoms with Crippen molar-refractivity contribution < 1.29 is 9.53 Å². The van der Waals surface area contributed by atoms with Crippen LogP contribution in [0.25, 0.3) is 0 Å². The van der Waals surface area contributed by atoms with Crippen LogP contribution in [-0.4, -0.2) is 19.1 Å². The first-order chi connectivity index (χ1) is 7.26. The van der Waals surface area contributed by atoms with Gasteiger partial charge in [0.25, 0.3) is 0 Å². The van der Waals surface area contributed by atoms with Gasteiger partial charge < -0.3 is 10.1 Å². The maximum absolute atomic E-state index is 11.3. The van der Waals surface area contributed by atoms with Crippen LogP contribution in [0.3, 0.4) is 0 Å². The highest BCUT2D eigenvalue weighted by atomic mass is 16.5. The summed E-state index contributed by atoms with van der Waals surface area (Å²) in [5.74, 6) is -0.110. The van der Waals surface area contributed by atoms with Crippen molar-refractivity contribution in [3.05, 3.63) is 29.8 Å². The number of rotatable bonds is 5. The molecule has 0 aliphatic rings. The number of ether oxygens (including phenoxy) is 1. The second-order valence-corrected chi connectivity index (χ2v) is 3.24. The second-order valence-electron chi connectivity index (χ2n) is 3.24. The lowest BCUT2D eigenvalue weighted by molar-refractivity contribution is -0.120. The fourth-order valence-corrected chi connectivity index (χ4v) is 1.22. The number of hydrogen-bond acceptors (Lipinski definition) is 2. The molecule has 0 spiro atoms. The standard InChI is InChI=1S/C12H17NO2/c1-3-10-5-7-11(8-6-10)13-12(14)9-15-4-2/h5-8H,3-4,9H2,1-2H3,(H,13,14). The van der Waals surface area contributed by atoms with Crippen molar-refractivity contribution in [3.8, 4) is 0 Å². The van der Waals surface area contributed by atoms with E-state index in [9.17, 15) is 4.79 Å². The Bertz CT molecular complexity index is 306. The molecule has 0 aliphatic carbocycles. The molecule has 0 aliphatic heterocycles. The molecule has 3 nitrogen and oxygen atoms in total. The fraction of sp³-hybridized carbons (Fsp3) is 0.417. The van der Waals surface area contributed by atoms with Crippen LogP contribution in [-0.2, 0) is 16.0 Å². The van der Waals surface area contributed by atoms with E-state index in [2.05, 4.69) is 12.2 Å². The number of hydrogen-bond donors (Lipinski definition) is 1. The van der Waals surface area contributed by atoms with Crippen LogP contribution in [0, 0.1) is 0 Å². The van der Waals surface area contributed by atoms with Crippen LogP contribution in [0.1, 0.15) is 19.4 Å². The summed E-state index contributed by atoms with van der Waals surface area (Å²) in [6, 6.07) is 7.83. The predicted molar refractivity (Wildman–Crippen MR) is 60.9 cm³/mol. The molecule has 0 saturated heterocycles. The normalized spacial score (nSPS) is 10.0. The lowest BCUT2D eigenvalue weighted by atomic mass is 10.1. The third kappa shape index (κ3) is 4.13. The molecule has 0 bridgehead atoms. The van der Waals surface area contributed by atoms with Crippen molar-refractivity contribution in [2.75, 3.05) is 18.5 Å². The van der Waals surface area contributed by atoms with Crippen molar-refractivity contribution >= 4 is 11.6 Å². The van der Waals surface area contributed by atoms with Gasteiger partial charge in [0.1, 0.15) is 6.61 Å². The number of benzene rings is 1. The predicted octanol–water partition coefficient (Wildman–Crippen LogP) is 2.22. The van der Waals surface area contributed by atoms with Gasteiger partial charge in [0.2, 0.25) is 5.91 Å². The van der Waals surface area contributed by atoms with E-state index < -0.39 is 0 Å². The van der Waals surface area contributed by atoms with E-state index in [1.807, 2.05) is 31.2 Å². The van der Waals surface area contributed by atoms with Crippen LogP contribution in [0.2, 0.25) is 0 Å². The molecular weight excluding hydrogens is 190 g/mol. The highest BCUT2D eigenvalue weighted by molar-refractivity contribution is 5.91. The average Bonchev–Trinajstić information content (AvgIpc) is 2.27. The van der Waals surface area contributed by atoms with E-state index in [0.717, 1.165) is 12.1 Å². The Morgan fingerprint density at radius 2 is 1.93 bits per heavy atom. The number of carbonyl (C=O) groups excluding carboxylic acids is 1. The van der Waals surface area contributed by atoms with E-state index >= 15 is 0 Å². The summed E-state index contributed by atoms with van der Waals surface area (Å²) in [7, 11) is 0. The monoisotopic (exact) mass is 207 g/mol. The summed E-state index contributed by atoms with van der Waals surface area (Å²) >= 11 is 0. The molecule has 1 aromatic rings. The SMILES string of the molecule is CCOCC(=O)Nc1ccc(CC)cc1. The highest BCUT2D eigenvalue weighted by Crippen LogP contribution is 2.09. The minimum atomic E-state index is -0.110. The molecule has 0 saturated carbocycles. The Hall–Kier alpha value is -1.35. The minimum absolute atomic E-state index is 0.110. The number of carbonyl (C=O) groups is 1. The zero-order valence-electron chi connectivity index (χ0n) is 9.25. The largest absolute Gasteiger partial charge is 0.372 e. The molecule has 1 aromatic carbocycles. The third-order valence-corrected chi connectivity index (χ3v) is 2.08. The molecule has 82 valence electrons. The Kier molecular flexibility index (Phi) is 4.84. The zero-order chi connectivity index (χ0) is 11.1. The summed E-state index contributed by atoms with van der Waals surface area (Å²) in [6.45, 7) is 4.64. The van der Waals surface area contributed by atoms with Gasteiger partial charge in [0, 0.05) is 12.3 Å². The van der Waals surface area contributed by atoms with Gasteiger partial charge in [-0.1, -0.05) is 19.1 Å². The van der Waals surface area contributed by atoms with Crippen molar-refractivity contribution in [1.29, 1.82) is 0 Å². The van der Waals surface area contributed by atoms with E-state index in [4.69, 9.17) is 4.74 Å². The van der Waals surface area contributed by atoms with Gasteiger partial charge in [0.05, 0.1) is 0 Å². The molecule has 0 fully saturated rings. The molecule has 0 radical (unpaired) electrons. The van der Waals surface area contributed by atoms with Crippen molar-refractivity contribution in [1.82, 2.24) is 0 Å². The Balaban J connectivity index is 2.46. The van der Waals surface area contributed by atoms with Crippen molar-refractivity contribution in [2.24, 2.45) is 0 Å². The van der Waals surface area contributed by atoms with Gasteiger partial charge >= 0.3 is 0 Å². The molecule has 15 heavy (non-hydrogen) atoms. The number of amides is 1. The molecule has 0 atom stereocenters. The first-order valence-corrected chi connectivity index (χ1v) is 5.22. The maximum atomic E-state index is 11.3. The lowest BCUT2D eigenvalue weighted by Crippen LogP contribution is -2.18. The molecule has 1 N–H and O–H groups in total. The van der Waals surface area contributed by atoms with Gasteiger partial charge in [-0.25, -0.2) is 0 Å². The second kappa shape index (κ2) is 6.19. The molecule has 1 amide bonds. The third-order valence-electron chi connectivity index (χ3n) is 2.08. The summed E-state index contributed by atoms with van der Waals surface area (Å²) in [4.78, 5) is 11.3. The van der Waals surface area contributed by atoms with E-state index in [0.29, 0.717) is 6.61 Å². The summed E-state index contributed by atoms with van der Waals surface area (Å²) in [5, 5.41) is 2.76. The van der Waals surface area contributed by atoms with Crippen LogP contribution in [0.5, 0.6) is 0 Å². The molecule has 0 unspecified atom stereocenters.